The van der Waals surface area contributed by atoms with E-state index in [9.17, 15) is 9.59 Å². The summed E-state index contributed by atoms with van der Waals surface area (Å²) in [6.45, 7) is 3.07. The van der Waals surface area contributed by atoms with E-state index in [0.717, 1.165) is 12.8 Å². The third-order valence-corrected chi connectivity index (χ3v) is 2.02. The SMILES string of the molecule is CCCC(CN)C(=O)NCCNC(N)=O. The number of hydrogen-bond acceptors (Lipinski definition) is 3. The van der Waals surface area contributed by atoms with Crippen LogP contribution in [0.3, 0.4) is 0 Å². The summed E-state index contributed by atoms with van der Waals surface area (Å²) in [5, 5.41) is 5.07. The third kappa shape index (κ3) is 6.73. The highest BCUT2D eigenvalue weighted by Gasteiger charge is 2.14. The first-order valence-corrected chi connectivity index (χ1v) is 5.12. The number of amides is 3. The first-order chi connectivity index (χ1) is 7.11. The van der Waals surface area contributed by atoms with Gasteiger partial charge < -0.3 is 22.1 Å². The van der Waals surface area contributed by atoms with Crippen LogP contribution in [0.15, 0.2) is 0 Å². The molecule has 0 fully saturated rings. The minimum Gasteiger partial charge on any atom is -0.354 e. The largest absolute Gasteiger partial charge is 0.354 e. The van der Waals surface area contributed by atoms with Crippen LogP contribution in [0.1, 0.15) is 19.8 Å². The zero-order chi connectivity index (χ0) is 11.7. The number of hydrogen-bond donors (Lipinski definition) is 4. The Balaban J connectivity index is 3.66. The van der Waals surface area contributed by atoms with Gasteiger partial charge in [-0.1, -0.05) is 13.3 Å². The van der Waals surface area contributed by atoms with Crippen molar-refractivity contribution in [1.29, 1.82) is 0 Å². The standard InChI is InChI=1S/C9H20N4O2/c1-2-3-7(6-10)8(14)12-4-5-13-9(11)15/h7H,2-6,10H2,1H3,(H,12,14)(H3,11,13,15). The van der Waals surface area contributed by atoms with Crippen LogP contribution in [0.5, 0.6) is 0 Å². The maximum atomic E-state index is 11.5. The van der Waals surface area contributed by atoms with Crippen molar-refractivity contribution in [3.63, 3.8) is 0 Å². The van der Waals surface area contributed by atoms with E-state index in [1.54, 1.807) is 0 Å². The molecule has 0 bridgehead atoms. The number of rotatable bonds is 7. The molecular formula is C9H20N4O2. The number of nitrogens with two attached hydrogens (primary N) is 2. The quantitative estimate of drug-likeness (QED) is 0.416. The lowest BCUT2D eigenvalue weighted by Crippen LogP contribution is -2.40. The average Bonchev–Trinajstić information content (AvgIpc) is 2.20. The van der Waals surface area contributed by atoms with Gasteiger partial charge in [-0.3, -0.25) is 4.79 Å². The summed E-state index contributed by atoms with van der Waals surface area (Å²) in [5.41, 5.74) is 10.3. The first kappa shape index (κ1) is 13.7. The molecule has 0 aromatic heterocycles. The number of primary amides is 1. The predicted molar refractivity (Wildman–Crippen MR) is 58.0 cm³/mol. The summed E-state index contributed by atoms with van der Waals surface area (Å²) in [6, 6.07) is -0.590. The highest BCUT2D eigenvalue weighted by Crippen LogP contribution is 2.03. The van der Waals surface area contributed by atoms with Gasteiger partial charge in [0.2, 0.25) is 5.91 Å². The van der Waals surface area contributed by atoms with Gasteiger partial charge in [-0.2, -0.15) is 0 Å². The summed E-state index contributed by atoms with van der Waals surface area (Å²) in [7, 11) is 0. The molecule has 6 nitrogen and oxygen atoms in total. The van der Waals surface area contributed by atoms with E-state index in [1.165, 1.54) is 0 Å². The zero-order valence-corrected chi connectivity index (χ0v) is 9.08. The summed E-state index contributed by atoms with van der Waals surface area (Å²) in [6.07, 6.45) is 1.71. The maximum Gasteiger partial charge on any atom is 0.312 e. The van der Waals surface area contributed by atoms with Gasteiger partial charge >= 0.3 is 6.03 Å². The topological polar surface area (TPSA) is 110 Å². The molecule has 1 unspecified atom stereocenters. The molecule has 0 heterocycles. The molecule has 0 saturated heterocycles. The highest BCUT2D eigenvalue weighted by atomic mass is 16.2. The molecule has 15 heavy (non-hydrogen) atoms. The smallest absolute Gasteiger partial charge is 0.312 e. The molecule has 6 N–H and O–H groups in total. The number of carbonyl (C=O) groups excluding carboxylic acids is 2. The summed E-state index contributed by atoms with van der Waals surface area (Å²) < 4.78 is 0. The van der Waals surface area contributed by atoms with Gasteiger partial charge in [0, 0.05) is 19.6 Å². The van der Waals surface area contributed by atoms with E-state index < -0.39 is 6.03 Å². The van der Waals surface area contributed by atoms with E-state index >= 15 is 0 Å². The number of nitrogens with one attached hydrogen (secondary N) is 2. The van der Waals surface area contributed by atoms with Crippen molar-refractivity contribution in [2.45, 2.75) is 19.8 Å². The normalized spacial score (nSPS) is 11.9. The van der Waals surface area contributed by atoms with Crippen molar-refractivity contribution in [3.05, 3.63) is 0 Å². The van der Waals surface area contributed by atoms with Crippen LogP contribution in [0.25, 0.3) is 0 Å². The zero-order valence-electron chi connectivity index (χ0n) is 9.08. The molecule has 0 aliphatic carbocycles. The van der Waals surface area contributed by atoms with Crippen LogP contribution in [-0.4, -0.2) is 31.6 Å². The predicted octanol–water partition coefficient (Wildman–Crippen LogP) is -0.854. The molecule has 0 radical (unpaired) electrons. The minimum absolute atomic E-state index is 0.0642. The third-order valence-electron chi connectivity index (χ3n) is 2.02. The molecule has 6 heteroatoms. The van der Waals surface area contributed by atoms with Gasteiger partial charge in [-0.15, -0.1) is 0 Å². The molecule has 0 rings (SSSR count). The first-order valence-electron chi connectivity index (χ1n) is 5.12. The van der Waals surface area contributed by atoms with E-state index in [4.69, 9.17) is 11.5 Å². The van der Waals surface area contributed by atoms with E-state index in [1.807, 2.05) is 6.92 Å². The number of carbonyl (C=O) groups is 2. The Bertz CT molecular complexity index is 208. The Morgan fingerprint density at radius 2 is 1.87 bits per heavy atom. The second-order valence-electron chi connectivity index (χ2n) is 3.30. The van der Waals surface area contributed by atoms with Crippen molar-refractivity contribution in [2.75, 3.05) is 19.6 Å². The lowest BCUT2D eigenvalue weighted by atomic mass is 10.0. The Morgan fingerprint density at radius 3 is 2.33 bits per heavy atom. The van der Waals surface area contributed by atoms with Crippen molar-refractivity contribution >= 4 is 11.9 Å². The van der Waals surface area contributed by atoms with Crippen LogP contribution >= 0.6 is 0 Å². The lowest BCUT2D eigenvalue weighted by molar-refractivity contribution is -0.124. The minimum atomic E-state index is -0.590. The Labute approximate surface area is 89.8 Å². The number of urea groups is 1. The van der Waals surface area contributed by atoms with Crippen molar-refractivity contribution in [2.24, 2.45) is 17.4 Å². The molecule has 0 aromatic carbocycles. The monoisotopic (exact) mass is 216 g/mol. The summed E-state index contributed by atoms with van der Waals surface area (Å²) in [4.78, 5) is 21.8. The van der Waals surface area contributed by atoms with Crippen LogP contribution in [0.2, 0.25) is 0 Å². The van der Waals surface area contributed by atoms with Crippen LogP contribution < -0.4 is 22.1 Å². The van der Waals surface area contributed by atoms with Crippen LogP contribution in [-0.2, 0) is 4.79 Å². The van der Waals surface area contributed by atoms with Gasteiger partial charge in [0.25, 0.3) is 0 Å². The Hall–Kier alpha value is -1.30. The van der Waals surface area contributed by atoms with Gasteiger partial charge in [0.15, 0.2) is 0 Å². The molecular weight excluding hydrogens is 196 g/mol. The molecule has 0 aliphatic heterocycles. The van der Waals surface area contributed by atoms with Gasteiger partial charge in [-0.05, 0) is 6.42 Å². The fourth-order valence-corrected chi connectivity index (χ4v) is 1.22. The summed E-state index contributed by atoms with van der Waals surface area (Å²) in [5.74, 6) is -0.200. The average molecular weight is 216 g/mol. The van der Waals surface area contributed by atoms with Gasteiger partial charge in [0.05, 0.1) is 5.92 Å². The second-order valence-corrected chi connectivity index (χ2v) is 3.30. The Morgan fingerprint density at radius 1 is 1.27 bits per heavy atom. The Kier molecular flexibility index (Phi) is 7.35. The van der Waals surface area contributed by atoms with E-state index in [0.29, 0.717) is 19.6 Å². The molecule has 0 saturated carbocycles. The summed E-state index contributed by atoms with van der Waals surface area (Å²) >= 11 is 0. The van der Waals surface area contributed by atoms with Crippen molar-refractivity contribution in [3.8, 4) is 0 Å². The van der Waals surface area contributed by atoms with E-state index in [2.05, 4.69) is 10.6 Å². The fraction of sp³-hybridized carbons (Fsp3) is 0.778. The molecule has 0 aliphatic rings. The molecule has 3 amide bonds. The second kappa shape index (κ2) is 8.05. The molecule has 0 spiro atoms. The van der Waals surface area contributed by atoms with E-state index in [-0.39, 0.29) is 11.8 Å². The van der Waals surface area contributed by atoms with Crippen LogP contribution in [0, 0.1) is 5.92 Å². The highest BCUT2D eigenvalue weighted by molar-refractivity contribution is 5.78. The molecule has 1 atom stereocenters. The maximum absolute atomic E-state index is 11.5. The fourth-order valence-electron chi connectivity index (χ4n) is 1.22. The lowest BCUT2D eigenvalue weighted by Gasteiger charge is -2.13. The molecule has 0 aromatic rings. The van der Waals surface area contributed by atoms with Crippen molar-refractivity contribution < 1.29 is 9.59 Å². The van der Waals surface area contributed by atoms with Crippen LogP contribution in [0.4, 0.5) is 4.79 Å². The van der Waals surface area contributed by atoms with Crippen molar-refractivity contribution in [1.82, 2.24) is 10.6 Å². The molecule has 88 valence electrons. The van der Waals surface area contributed by atoms with Gasteiger partial charge in [-0.25, -0.2) is 4.79 Å². The van der Waals surface area contributed by atoms with Gasteiger partial charge in [0.1, 0.15) is 0 Å².